The van der Waals surface area contributed by atoms with E-state index in [2.05, 4.69) is 15.5 Å². The number of carbonyl (C=O) groups excluding carboxylic acids is 2. The summed E-state index contributed by atoms with van der Waals surface area (Å²) < 4.78 is 10.2. The van der Waals surface area contributed by atoms with Gasteiger partial charge in [-0.15, -0.1) is 0 Å². The molecule has 27 heavy (non-hydrogen) atoms. The van der Waals surface area contributed by atoms with Gasteiger partial charge in [-0.05, 0) is 44.2 Å². The average molecular weight is 376 g/mol. The van der Waals surface area contributed by atoms with E-state index in [1.54, 1.807) is 31.2 Å². The molecule has 2 N–H and O–H groups in total. The lowest BCUT2D eigenvalue weighted by Crippen LogP contribution is -2.53. The van der Waals surface area contributed by atoms with Crippen LogP contribution in [0.2, 0.25) is 0 Å². The summed E-state index contributed by atoms with van der Waals surface area (Å²) in [4.78, 5) is 28.1. The third-order valence-electron chi connectivity index (χ3n) is 4.92. The van der Waals surface area contributed by atoms with E-state index in [9.17, 15) is 9.59 Å². The van der Waals surface area contributed by atoms with Gasteiger partial charge in [0.25, 0.3) is 0 Å². The fourth-order valence-electron chi connectivity index (χ4n) is 3.42. The van der Waals surface area contributed by atoms with Gasteiger partial charge in [0.05, 0.1) is 6.61 Å². The van der Waals surface area contributed by atoms with Gasteiger partial charge in [0.15, 0.2) is 6.61 Å². The molecule has 0 aliphatic carbocycles. The normalized spacial score (nSPS) is 20.3. The molecule has 0 saturated carbocycles. The Morgan fingerprint density at radius 3 is 2.56 bits per heavy atom. The standard InChI is InChI=1S/C19H28N4O4/c1-2-26-18(24)14-27-17-5-3-15(4-6-17)21-19(25)23-11-9-22(10-12-23)16-7-8-20-13-16/h3-6,16,20H,2,7-14H2,1H3,(H,21,25). The van der Waals surface area contributed by atoms with Gasteiger partial charge in [0, 0.05) is 44.5 Å². The van der Waals surface area contributed by atoms with Gasteiger partial charge < -0.3 is 25.0 Å². The van der Waals surface area contributed by atoms with E-state index >= 15 is 0 Å². The van der Waals surface area contributed by atoms with Crippen molar-refractivity contribution in [2.75, 3.05) is 57.8 Å². The minimum Gasteiger partial charge on any atom is -0.482 e. The maximum absolute atomic E-state index is 12.5. The molecule has 8 heteroatoms. The summed E-state index contributed by atoms with van der Waals surface area (Å²) in [5.41, 5.74) is 0.700. The summed E-state index contributed by atoms with van der Waals surface area (Å²) in [6.07, 6.45) is 1.19. The highest BCUT2D eigenvalue weighted by Crippen LogP contribution is 2.17. The van der Waals surface area contributed by atoms with Crippen LogP contribution in [0.5, 0.6) is 5.75 Å². The van der Waals surface area contributed by atoms with E-state index in [0.29, 0.717) is 24.1 Å². The lowest BCUT2D eigenvalue weighted by molar-refractivity contribution is -0.145. The van der Waals surface area contributed by atoms with Crippen LogP contribution in [-0.2, 0) is 9.53 Å². The van der Waals surface area contributed by atoms with Crippen LogP contribution in [-0.4, -0.2) is 80.3 Å². The third-order valence-corrected chi connectivity index (χ3v) is 4.92. The zero-order valence-electron chi connectivity index (χ0n) is 15.8. The van der Waals surface area contributed by atoms with Crippen molar-refractivity contribution < 1.29 is 19.1 Å². The SMILES string of the molecule is CCOC(=O)COc1ccc(NC(=O)N2CCN(C3CCNC3)CC2)cc1. The Kier molecular flexibility index (Phi) is 6.89. The second-order valence-corrected chi connectivity index (χ2v) is 6.72. The van der Waals surface area contributed by atoms with Crippen LogP contribution in [0, 0.1) is 0 Å². The summed E-state index contributed by atoms with van der Waals surface area (Å²) in [7, 11) is 0. The van der Waals surface area contributed by atoms with Crippen LogP contribution in [0.4, 0.5) is 10.5 Å². The molecule has 0 radical (unpaired) electrons. The molecule has 1 aromatic carbocycles. The van der Waals surface area contributed by atoms with Gasteiger partial charge in [-0.25, -0.2) is 9.59 Å². The highest BCUT2D eigenvalue weighted by Gasteiger charge is 2.27. The van der Waals surface area contributed by atoms with Gasteiger partial charge in [0.2, 0.25) is 0 Å². The maximum atomic E-state index is 12.5. The molecule has 8 nitrogen and oxygen atoms in total. The maximum Gasteiger partial charge on any atom is 0.344 e. The van der Waals surface area contributed by atoms with Gasteiger partial charge >= 0.3 is 12.0 Å². The summed E-state index contributed by atoms with van der Waals surface area (Å²) in [6, 6.07) is 7.49. The van der Waals surface area contributed by atoms with E-state index in [-0.39, 0.29) is 12.6 Å². The van der Waals surface area contributed by atoms with Crippen molar-refractivity contribution in [2.45, 2.75) is 19.4 Å². The lowest BCUT2D eigenvalue weighted by atomic mass is 10.2. The predicted octanol–water partition coefficient (Wildman–Crippen LogP) is 1.14. The first kappa shape index (κ1) is 19.4. The number of hydrogen-bond donors (Lipinski definition) is 2. The number of piperazine rings is 1. The summed E-state index contributed by atoms with van der Waals surface area (Å²) in [5, 5.41) is 6.31. The molecule has 148 valence electrons. The number of nitrogens with one attached hydrogen (secondary N) is 2. The highest BCUT2D eigenvalue weighted by atomic mass is 16.6. The fourth-order valence-corrected chi connectivity index (χ4v) is 3.42. The smallest absolute Gasteiger partial charge is 0.344 e. The molecule has 0 aromatic heterocycles. The third kappa shape index (κ3) is 5.58. The Balaban J connectivity index is 1.42. The Bertz CT molecular complexity index is 623. The number of carbonyl (C=O) groups is 2. The van der Waals surface area contributed by atoms with Crippen LogP contribution in [0.1, 0.15) is 13.3 Å². The molecular weight excluding hydrogens is 348 g/mol. The Hall–Kier alpha value is -2.32. The van der Waals surface area contributed by atoms with Gasteiger partial charge in [-0.2, -0.15) is 0 Å². The molecule has 2 fully saturated rings. The second-order valence-electron chi connectivity index (χ2n) is 6.72. The quantitative estimate of drug-likeness (QED) is 0.725. The van der Waals surface area contributed by atoms with E-state index in [0.717, 1.165) is 39.3 Å². The fraction of sp³-hybridized carbons (Fsp3) is 0.579. The molecule has 3 rings (SSSR count). The van der Waals surface area contributed by atoms with Gasteiger partial charge in [0.1, 0.15) is 5.75 Å². The first-order valence-corrected chi connectivity index (χ1v) is 9.55. The average Bonchev–Trinajstić information content (AvgIpc) is 3.23. The molecule has 2 aliphatic rings. The molecule has 0 bridgehead atoms. The van der Waals surface area contributed by atoms with Crippen LogP contribution >= 0.6 is 0 Å². The number of urea groups is 1. The first-order valence-electron chi connectivity index (χ1n) is 9.55. The lowest BCUT2D eigenvalue weighted by Gasteiger charge is -2.37. The number of amides is 2. The predicted molar refractivity (Wildman–Crippen MR) is 102 cm³/mol. The Labute approximate surface area is 159 Å². The zero-order chi connectivity index (χ0) is 19.1. The Morgan fingerprint density at radius 1 is 1.19 bits per heavy atom. The number of rotatable bonds is 6. The number of ether oxygens (including phenoxy) is 2. The summed E-state index contributed by atoms with van der Waals surface area (Å²) in [5.74, 6) is 0.155. The number of nitrogens with zero attached hydrogens (tertiary/aromatic N) is 2. The minimum atomic E-state index is -0.401. The van der Waals surface area contributed by atoms with Crippen molar-refractivity contribution >= 4 is 17.7 Å². The molecule has 1 atom stereocenters. The van der Waals surface area contributed by atoms with Gasteiger partial charge in [-0.1, -0.05) is 0 Å². The molecule has 1 aromatic rings. The van der Waals surface area contributed by atoms with E-state index < -0.39 is 5.97 Å². The van der Waals surface area contributed by atoms with Crippen molar-refractivity contribution in [1.82, 2.24) is 15.1 Å². The first-order chi connectivity index (χ1) is 13.2. The molecule has 2 heterocycles. The largest absolute Gasteiger partial charge is 0.482 e. The van der Waals surface area contributed by atoms with E-state index in [1.165, 1.54) is 6.42 Å². The van der Waals surface area contributed by atoms with Crippen LogP contribution in [0.25, 0.3) is 0 Å². The monoisotopic (exact) mass is 376 g/mol. The molecular formula is C19H28N4O4. The zero-order valence-corrected chi connectivity index (χ0v) is 15.8. The molecule has 2 saturated heterocycles. The number of esters is 1. The Morgan fingerprint density at radius 2 is 1.93 bits per heavy atom. The minimum absolute atomic E-state index is 0.0839. The van der Waals surface area contributed by atoms with Crippen molar-refractivity contribution in [3.63, 3.8) is 0 Å². The van der Waals surface area contributed by atoms with Crippen LogP contribution < -0.4 is 15.4 Å². The molecule has 1 unspecified atom stereocenters. The summed E-state index contributed by atoms with van der Waals surface area (Å²) in [6.45, 7) is 7.41. The molecule has 2 amide bonds. The van der Waals surface area contributed by atoms with Gasteiger partial charge in [-0.3, -0.25) is 4.90 Å². The van der Waals surface area contributed by atoms with Crippen molar-refractivity contribution in [1.29, 1.82) is 0 Å². The van der Waals surface area contributed by atoms with E-state index in [1.807, 2.05) is 4.90 Å². The molecule has 2 aliphatic heterocycles. The van der Waals surface area contributed by atoms with Crippen LogP contribution in [0.15, 0.2) is 24.3 Å². The second kappa shape index (κ2) is 9.57. The molecule has 0 spiro atoms. The summed E-state index contributed by atoms with van der Waals surface area (Å²) >= 11 is 0. The van der Waals surface area contributed by atoms with Crippen LogP contribution in [0.3, 0.4) is 0 Å². The van der Waals surface area contributed by atoms with Crippen molar-refractivity contribution in [2.24, 2.45) is 0 Å². The van der Waals surface area contributed by atoms with E-state index in [4.69, 9.17) is 9.47 Å². The number of benzene rings is 1. The number of hydrogen-bond acceptors (Lipinski definition) is 6. The van der Waals surface area contributed by atoms with Crippen molar-refractivity contribution in [3.05, 3.63) is 24.3 Å². The highest BCUT2D eigenvalue weighted by molar-refractivity contribution is 5.89. The number of anilines is 1. The topological polar surface area (TPSA) is 83.1 Å². The van der Waals surface area contributed by atoms with Crippen molar-refractivity contribution in [3.8, 4) is 5.75 Å².